The molecule has 1 aliphatic rings. The fraction of sp³-hybridized carbons (Fsp3) is 0.222. The van der Waals surface area contributed by atoms with E-state index in [1.165, 1.54) is 31.4 Å². The summed E-state index contributed by atoms with van der Waals surface area (Å²) in [7, 11) is -2.12. The van der Waals surface area contributed by atoms with Crippen LogP contribution in [0.4, 0.5) is 11.4 Å². The maximum atomic E-state index is 12.3. The summed E-state index contributed by atoms with van der Waals surface area (Å²) in [6.45, 7) is 1.58. The van der Waals surface area contributed by atoms with Gasteiger partial charge in [0.25, 0.3) is 5.91 Å². The molecule has 1 saturated heterocycles. The van der Waals surface area contributed by atoms with Gasteiger partial charge in [0.2, 0.25) is 15.9 Å². The van der Waals surface area contributed by atoms with Gasteiger partial charge in [0, 0.05) is 17.3 Å². The third-order valence-corrected chi connectivity index (χ3v) is 5.92. The van der Waals surface area contributed by atoms with Gasteiger partial charge in [0.05, 0.1) is 24.5 Å². The van der Waals surface area contributed by atoms with Crippen molar-refractivity contribution in [3.63, 3.8) is 0 Å². The molecule has 1 atom stereocenters. The topological polar surface area (TPSA) is 92.8 Å². The number of carbonyl (C=O) groups is 2. The average Bonchev–Trinajstić information content (AvgIpc) is 2.82. The molecule has 2 aromatic carbocycles. The zero-order valence-electron chi connectivity index (χ0n) is 14.3. The van der Waals surface area contributed by atoms with E-state index in [0.29, 0.717) is 17.0 Å². The van der Waals surface area contributed by atoms with Crippen molar-refractivity contribution in [2.45, 2.75) is 6.92 Å². The SMILES string of the molecule is COc1cccc(NC(=O)c2ccc(N3C(=O)[C@@H](C)CS3(=O)=O)cc2)c1. The molecular formula is C18H18N2O5S. The van der Waals surface area contributed by atoms with E-state index in [1.807, 2.05) is 0 Å². The Bertz CT molecular complexity index is 954. The Morgan fingerprint density at radius 3 is 2.46 bits per heavy atom. The summed E-state index contributed by atoms with van der Waals surface area (Å²) in [4.78, 5) is 24.4. The number of ether oxygens (including phenoxy) is 1. The highest BCUT2D eigenvalue weighted by Crippen LogP contribution is 2.28. The second-order valence-electron chi connectivity index (χ2n) is 6.02. The highest BCUT2D eigenvalue weighted by molar-refractivity contribution is 7.94. The Kier molecular flexibility index (Phi) is 4.69. The molecule has 0 unspecified atom stereocenters. The number of nitrogens with zero attached hydrogens (tertiary/aromatic N) is 1. The molecule has 1 N–H and O–H groups in total. The fourth-order valence-electron chi connectivity index (χ4n) is 2.74. The van der Waals surface area contributed by atoms with Crippen LogP contribution >= 0.6 is 0 Å². The maximum absolute atomic E-state index is 12.3. The van der Waals surface area contributed by atoms with Crippen molar-refractivity contribution in [1.29, 1.82) is 0 Å². The van der Waals surface area contributed by atoms with Crippen molar-refractivity contribution in [1.82, 2.24) is 0 Å². The van der Waals surface area contributed by atoms with Crippen LogP contribution in [0.1, 0.15) is 17.3 Å². The first kappa shape index (κ1) is 17.9. The molecule has 136 valence electrons. The molecule has 1 heterocycles. The van der Waals surface area contributed by atoms with Gasteiger partial charge in [-0.1, -0.05) is 13.0 Å². The monoisotopic (exact) mass is 374 g/mol. The molecule has 1 fully saturated rings. The minimum atomic E-state index is -3.66. The second kappa shape index (κ2) is 6.80. The van der Waals surface area contributed by atoms with Crippen LogP contribution in [0.3, 0.4) is 0 Å². The molecule has 1 aliphatic heterocycles. The smallest absolute Gasteiger partial charge is 0.255 e. The molecule has 7 nitrogen and oxygen atoms in total. The van der Waals surface area contributed by atoms with Crippen molar-refractivity contribution < 1.29 is 22.7 Å². The average molecular weight is 374 g/mol. The number of hydrogen-bond donors (Lipinski definition) is 1. The maximum Gasteiger partial charge on any atom is 0.255 e. The minimum absolute atomic E-state index is 0.204. The largest absolute Gasteiger partial charge is 0.497 e. The summed E-state index contributed by atoms with van der Waals surface area (Å²) in [5, 5.41) is 2.74. The van der Waals surface area contributed by atoms with E-state index in [4.69, 9.17) is 4.74 Å². The van der Waals surface area contributed by atoms with Gasteiger partial charge in [-0.2, -0.15) is 0 Å². The zero-order chi connectivity index (χ0) is 18.9. The number of sulfonamides is 1. The third kappa shape index (κ3) is 3.41. The zero-order valence-corrected chi connectivity index (χ0v) is 15.1. The number of rotatable bonds is 4. The van der Waals surface area contributed by atoms with Crippen LogP contribution in [0.5, 0.6) is 5.75 Å². The van der Waals surface area contributed by atoms with Crippen LogP contribution in [-0.2, 0) is 14.8 Å². The predicted molar refractivity (Wildman–Crippen MR) is 97.8 cm³/mol. The quantitative estimate of drug-likeness (QED) is 0.886. The van der Waals surface area contributed by atoms with E-state index in [1.54, 1.807) is 31.2 Å². The standard InChI is InChI=1S/C18H18N2O5S/c1-12-11-26(23,24)20(18(12)22)15-8-6-13(7-9-15)17(21)19-14-4-3-5-16(10-14)25-2/h3-10,12H,11H2,1-2H3,(H,19,21)/t12-/m0/s1. The first-order valence-electron chi connectivity index (χ1n) is 7.94. The summed E-state index contributed by atoms with van der Waals surface area (Å²) in [6.07, 6.45) is 0. The van der Waals surface area contributed by atoms with Gasteiger partial charge in [-0.15, -0.1) is 0 Å². The van der Waals surface area contributed by atoms with Crippen molar-refractivity contribution in [3.8, 4) is 5.75 Å². The number of benzene rings is 2. The Morgan fingerprint density at radius 1 is 1.19 bits per heavy atom. The number of methoxy groups -OCH3 is 1. The van der Waals surface area contributed by atoms with E-state index in [-0.39, 0.29) is 17.3 Å². The van der Waals surface area contributed by atoms with Crippen LogP contribution in [-0.4, -0.2) is 33.1 Å². The highest BCUT2D eigenvalue weighted by Gasteiger charge is 2.41. The lowest BCUT2D eigenvalue weighted by molar-refractivity contribution is -0.119. The van der Waals surface area contributed by atoms with Gasteiger partial charge >= 0.3 is 0 Å². The number of hydrogen-bond acceptors (Lipinski definition) is 5. The summed E-state index contributed by atoms with van der Waals surface area (Å²) < 4.78 is 30.1. The second-order valence-corrected chi connectivity index (χ2v) is 7.88. The van der Waals surface area contributed by atoms with Crippen molar-refractivity contribution >= 4 is 33.2 Å². The van der Waals surface area contributed by atoms with Gasteiger partial charge in [-0.05, 0) is 36.4 Å². The van der Waals surface area contributed by atoms with E-state index < -0.39 is 21.8 Å². The Labute approximate surface area is 151 Å². The third-order valence-electron chi connectivity index (χ3n) is 4.05. The molecule has 0 aromatic heterocycles. The Hall–Kier alpha value is -2.87. The number of nitrogens with one attached hydrogen (secondary N) is 1. The van der Waals surface area contributed by atoms with Crippen molar-refractivity contribution in [2.24, 2.45) is 5.92 Å². The van der Waals surface area contributed by atoms with E-state index in [9.17, 15) is 18.0 Å². The summed E-state index contributed by atoms with van der Waals surface area (Å²) >= 11 is 0. The number of amides is 2. The van der Waals surface area contributed by atoms with Gasteiger partial charge in [0.1, 0.15) is 5.75 Å². The fourth-order valence-corrected chi connectivity index (χ4v) is 4.56. The lowest BCUT2D eigenvalue weighted by Crippen LogP contribution is -2.30. The number of carbonyl (C=O) groups excluding carboxylic acids is 2. The first-order chi connectivity index (χ1) is 12.3. The van der Waals surface area contributed by atoms with Crippen LogP contribution < -0.4 is 14.4 Å². The van der Waals surface area contributed by atoms with E-state index in [2.05, 4.69) is 5.32 Å². The summed E-state index contributed by atoms with van der Waals surface area (Å²) in [6, 6.07) is 12.8. The molecule has 26 heavy (non-hydrogen) atoms. The number of anilines is 2. The van der Waals surface area contributed by atoms with Crippen LogP contribution in [0.15, 0.2) is 48.5 Å². The molecule has 2 amide bonds. The molecule has 3 rings (SSSR count). The van der Waals surface area contributed by atoms with Crippen LogP contribution in [0.2, 0.25) is 0 Å². The van der Waals surface area contributed by atoms with Gasteiger partial charge in [-0.3, -0.25) is 9.59 Å². The first-order valence-corrected chi connectivity index (χ1v) is 9.55. The molecule has 8 heteroatoms. The van der Waals surface area contributed by atoms with E-state index >= 15 is 0 Å². The lowest BCUT2D eigenvalue weighted by atomic mass is 10.1. The molecule has 0 bridgehead atoms. The molecular weight excluding hydrogens is 356 g/mol. The Balaban J connectivity index is 1.79. The molecule has 0 spiro atoms. The van der Waals surface area contributed by atoms with Crippen LogP contribution in [0.25, 0.3) is 0 Å². The predicted octanol–water partition coefficient (Wildman–Crippen LogP) is 2.26. The van der Waals surface area contributed by atoms with E-state index in [0.717, 1.165) is 4.31 Å². The van der Waals surface area contributed by atoms with Crippen molar-refractivity contribution in [3.05, 3.63) is 54.1 Å². The Morgan fingerprint density at radius 2 is 1.88 bits per heavy atom. The summed E-state index contributed by atoms with van der Waals surface area (Å²) in [5.41, 5.74) is 1.15. The van der Waals surface area contributed by atoms with Crippen molar-refractivity contribution in [2.75, 3.05) is 22.5 Å². The van der Waals surface area contributed by atoms with Crippen LogP contribution in [0, 0.1) is 5.92 Å². The highest BCUT2D eigenvalue weighted by atomic mass is 32.2. The molecule has 0 radical (unpaired) electrons. The molecule has 0 saturated carbocycles. The van der Waals surface area contributed by atoms with Gasteiger partial charge < -0.3 is 10.1 Å². The minimum Gasteiger partial charge on any atom is -0.497 e. The lowest BCUT2D eigenvalue weighted by Gasteiger charge is -2.15. The normalized spacial score (nSPS) is 18.6. The molecule has 0 aliphatic carbocycles. The molecule has 2 aromatic rings. The van der Waals surface area contributed by atoms with Gasteiger partial charge in [0.15, 0.2) is 0 Å². The van der Waals surface area contributed by atoms with Gasteiger partial charge in [-0.25, -0.2) is 12.7 Å². The summed E-state index contributed by atoms with van der Waals surface area (Å²) in [5.74, 6) is -0.974.